The lowest BCUT2D eigenvalue weighted by Crippen LogP contribution is -2.60. The highest BCUT2D eigenvalue weighted by Crippen LogP contribution is 2.51. The van der Waals surface area contributed by atoms with E-state index in [4.69, 9.17) is 4.74 Å². The van der Waals surface area contributed by atoms with Gasteiger partial charge in [0.15, 0.2) is 0 Å². The summed E-state index contributed by atoms with van der Waals surface area (Å²) < 4.78 is 33.2. The molecular formula is C35H44N6O4S. The van der Waals surface area contributed by atoms with Crippen molar-refractivity contribution in [1.82, 2.24) is 20.0 Å². The highest BCUT2D eigenvalue weighted by molar-refractivity contribution is 7.91. The third-order valence-electron chi connectivity index (χ3n) is 10.4. The van der Waals surface area contributed by atoms with Gasteiger partial charge in [0.25, 0.3) is 0 Å². The molecule has 3 aliphatic rings. The second-order valence-electron chi connectivity index (χ2n) is 13.6. The number of aryl methyl sites for hydroxylation is 1. The third-order valence-corrected chi connectivity index (χ3v) is 12.1. The Morgan fingerprint density at radius 3 is 2.37 bits per heavy atom. The zero-order chi connectivity index (χ0) is 32.5. The van der Waals surface area contributed by atoms with Crippen LogP contribution in [0.25, 0.3) is 0 Å². The minimum absolute atomic E-state index is 0.0443. The third kappa shape index (κ3) is 6.00. The van der Waals surface area contributed by atoms with E-state index < -0.39 is 21.3 Å². The van der Waals surface area contributed by atoms with Crippen LogP contribution in [0.15, 0.2) is 76.8 Å². The molecule has 46 heavy (non-hydrogen) atoms. The first kappa shape index (κ1) is 32.1. The van der Waals surface area contributed by atoms with Crippen molar-refractivity contribution in [2.24, 2.45) is 24.3 Å². The number of benzene rings is 2. The fourth-order valence-electron chi connectivity index (χ4n) is 8.24. The molecule has 1 unspecified atom stereocenters. The van der Waals surface area contributed by atoms with Gasteiger partial charge in [0.05, 0.1) is 22.6 Å². The molecule has 10 nitrogen and oxygen atoms in total. The molecule has 2 saturated heterocycles. The lowest BCUT2D eigenvalue weighted by molar-refractivity contribution is 0.0262. The van der Waals surface area contributed by atoms with Crippen LogP contribution < -0.4 is 10.2 Å². The summed E-state index contributed by atoms with van der Waals surface area (Å²) in [4.78, 5) is 17.5. The molecule has 2 aromatic carbocycles. The van der Waals surface area contributed by atoms with Gasteiger partial charge in [-0.25, -0.2) is 13.2 Å². The van der Waals surface area contributed by atoms with Crippen LogP contribution in [0.5, 0.6) is 0 Å². The average Bonchev–Trinajstić information content (AvgIpc) is 3.71. The zero-order valence-electron chi connectivity index (χ0n) is 26.9. The highest BCUT2D eigenvalue weighted by Gasteiger charge is 2.53. The molecule has 1 saturated carbocycles. The van der Waals surface area contributed by atoms with Crippen molar-refractivity contribution in [3.05, 3.63) is 72.6 Å². The number of likely N-dealkylation sites (tertiary alicyclic amines) is 1. The summed E-state index contributed by atoms with van der Waals surface area (Å²) in [7, 11) is -0.318. The van der Waals surface area contributed by atoms with Crippen LogP contribution >= 0.6 is 0 Å². The Morgan fingerprint density at radius 2 is 1.76 bits per heavy atom. The number of piperidine rings is 1. The van der Waals surface area contributed by atoms with E-state index in [1.54, 1.807) is 26.2 Å². The van der Waals surface area contributed by atoms with Gasteiger partial charge in [0.1, 0.15) is 11.0 Å². The Balaban J connectivity index is 1.09. The van der Waals surface area contributed by atoms with Crippen LogP contribution in [0, 0.1) is 28.6 Å². The smallest absolute Gasteiger partial charge is 0.407 e. The standard InChI is InChI=1S/C35H44N6O4S/c1-34(24-41(25-34)28-12-14-29(15-13-28)46(43,44)30-20-38-39(3)21-30)23-40-18-16-27(17-19-40)35(22-36,26-8-5-4-6-9-26)31-10-7-11-32(31)45-33(42)37-2/h4-6,8-9,12-15,20-21,27,31-32H,7,10-11,16-19,23-25H2,1-3H3,(H,37,42)/t31-,32-,35?/m1/s1. The van der Waals surface area contributed by atoms with Crippen LogP contribution in [-0.2, 0) is 27.0 Å². The van der Waals surface area contributed by atoms with Crippen molar-refractivity contribution >= 4 is 21.6 Å². The Morgan fingerprint density at radius 1 is 1.07 bits per heavy atom. The van der Waals surface area contributed by atoms with Crippen LogP contribution in [0.2, 0.25) is 0 Å². The molecule has 3 fully saturated rings. The molecule has 11 heteroatoms. The van der Waals surface area contributed by atoms with Crippen LogP contribution in [-0.4, -0.2) is 75.1 Å². The highest BCUT2D eigenvalue weighted by atomic mass is 32.2. The molecule has 1 N–H and O–H groups in total. The van der Waals surface area contributed by atoms with Crippen LogP contribution in [0.1, 0.15) is 44.6 Å². The van der Waals surface area contributed by atoms with Gasteiger partial charge in [-0.1, -0.05) is 37.3 Å². The lowest BCUT2D eigenvalue weighted by Gasteiger charge is -2.53. The monoisotopic (exact) mass is 644 g/mol. The number of alkyl carbamates (subject to hydrolysis) is 1. The van der Waals surface area contributed by atoms with E-state index in [1.807, 2.05) is 30.3 Å². The number of aromatic nitrogens is 2. The molecule has 1 amide bonds. The maximum absolute atomic E-state index is 13.0. The summed E-state index contributed by atoms with van der Waals surface area (Å²) >= 11 is 0. The molecule has 6 rings (SSSR count). The van der Waals surface area contributed by atoms with Crippen molar-refractivity contribution in [1.29, 1.82) is 5.26 Å². The molecule has 0 radical (unpaired) electrons. The zero-order valence-corrected chi connectivity index (χ0v) is 27.7. The predicted octanol–water partition coefficient (Wildman–Crippen LogP) is 4.78. The van der Waals surface area contributed by atoms with Gasteiger partial charge >= 0.3 is 6.09 Å². The second-order valence-corrected chi connectivity index (χ2v) is 15.6. The molecular weight excluding hydrogens is 600 g/mol. The van der Waals surface area contributed by atoms with Gasteiger partial charge in [-0.3, -0.25) is 4.68 Å². The van der Waals surface area contributed by atoms with Crippen LogP contribution in [0.4, 0.5) is 10.5 Å². The molecule has 1 aliphatic carbocycles. The lowest BCUT2D eigenvalue weighted by atomic mass is 9.59. The number of hydrogen-bond acceptors (Lipinski definition) is 8. The van der Waals surface area contributed by atoms with E-state index in [2.05, 4.69) is 45.3 Å². The van der Waals surface area contributed by atoms with E-state index in [-0.39, 0.29) is 33.1 Å². The first-order chi connectivity index (χ1) is 22.1. The van der Waals surface area contributed by atoms with Crippen molar-refractivity contribution in [2.45, 2.75) is 60.3 Å². The summed E-state index contributed by atoms with van der Waals surface area (Å²) in [6, 6.07) is 20.1. The van der Waals surface area contributed by atoms with Crippen LogP contribution in [0.3, 0.4) is 0 Å². The molecule has 2 aliphatic heterocycles. The van der Waals surface area contributed by atoms with E-state index in [9.17, 15) is 18.5 Å². The number of ether oxygens (including phenoxy) is 1. The number of carbonyl (C=O) groups is 1. The number of amides is 1. The number of nitrogens with zero attached hydrogens (tertiary/aromatic N) is 5. The fourth-order valence-corrected chi connectivity index (χ4v) is 9.49. The summed E-state index contributed by atoms with van der Waals surface area (Å²) in [6.45, 7) is 6.93. The van der Waals surface area contributed by atoms with E-state index >= 15 is 0 Å². The van der Waals surface area contributed by atoms with Crippen molar-refractivity contribution in [2.75, 3.05) is 44.7 Å². The van der Waals surface area contributed by atoms with Crippen molar-refractivity contribution in [3.63, 3.8) is 0 Å². The first-order valence-corrected chi connectivity index (χ1v) is 17.7. The Labute approximate surface area is 272 Å². The first-order valence-electron chi connectivity index (χ1n) is 16.2. The number of carbonyl (C=O) groups excluding carboxylic acids is 1. The number of sulfone groups is 1. The Hall–Kier alpha value is -3.88. The SMILES string of the molecule is CNC(=O)O[C@@H]1CCC[C@H]1C(C#N)(c1ccccc1)C1CCN(CC2(C)CN(c3ccc(S(=O)(=O)c4cnn(C)c4)cc3)C2)CC1. The quantitative estimate of drug-likeness (QED) is 0.354. The molecule has 3 atom stereocenters. The number of anilines is 1. The number of rotatable bonds is 9. The Bertz CT molecular complexity index is 1670. The van der Waals surface area contributed by atoms with Crippen molar-refractivity contribution in [3.8, 4) is 6.07 Å². The summed E-state index contributed by atoms with van der Waals surface area (Å²) in [5.41, 5.74) is 1.47. The van der Waals surface area contributed by atoms with Gasteiger partial charge in [0, 0.05) is 56.9 Å². The maximum atomic E-state index is 13.0. The molecule has 0 spiro atoms. The van der Waals surface area contributed by atoms with Gasteiger partial charge in [-0.05, 0) is 80.9 Å². The summed E-state index contributed by atoms with van der Waals surface area (Å²) in [6.07, 6.45) is 6.61. The second kappa shape index (κ2) is 12.7. The maximum Gasteiger partial charge on any atom is 0.407 e. The molecule has 244 valence electrons. The van der Waals surface area contributed by atoms with E-state index in [0.717, 1.165) is 76.1 Å². The van der Waals surface area contributed by atoms with E-state index in [0.29, 0.717) is 0 Å². The van der Waals surface area contributed by atoms with Gasteiger partial charge in [-0.2, -0.15) is 10.4 Å². The minimum Gasteiger partial charge on any atom is -0.446 e. The van der Waals surface area contributed by atoms with Crippen molar-refractivity contribution < 1.29 is 17.9 Å². The average molecular weight is 645 g/mol. The number of hydrogen-bond donors (Lipinski definition) is 1. The fraction of sp³-hybridized carbons (Fsp3) is 0.514. The number of nitrogens with one attached hydrogen (secondary N) is 1. The topological polar surface area (TPSA) is 121 Å². The van der Waals surface area contributed by atoms with Gasteiger partial charge in [-0.15, -0.1) is 0 Å². The summed E-state index contributed by atoms with van der Waals surface area (Å²) in [5, 5.41) is 17.5. The minimum atomic E-state index is -3.60. The molecule has 3 aromatic rings. The normalized spacial score (nSPS) is 23.2. The molecule has 0 bridgehead atoms. The largest absolute Gasteiger partial charge is 0.446 e. The number of nitriles is 1. The predicted molar refractivity (Wildman–Crippen MR) is 175 cm³/mol. The van der Waals surface area contributed by atoms with Gasteiger partial charge < -0.3 is 19.9 Å². The summed E-state index contributed by atoms with van der Waals surface area (Å²) in [5.74, 6) is 0.124. The molecule has 1 aromatic heterocycles. The van der Waals surface area contributed by atoms with E-state index in [1.165, 1.54) is 17.1 Å². The molecule has 3 heterocycles. The Kier molecular flexibility index (Phi) is 8.87. The van der Waals surface area contributed by atoms with Gasteiger partial charge in [0.2, 0.25) is 9.84 Å².